The van der Waals surface area contributed by atoms with E-state index in [1.807, 2.05) is 24.3 Å². The summed E-state index contributed by atoms with van der Waals surface area (Å²) in [7, 11) is 0. The molecular weight excluding hydrogens is 799 g/mol. The van der Waals surface area contributed by atoms with E-state index < -0.39 is 0 Å². The number of aryl methyl sites for hydroxylation is 3. The number of benzene rings is 7. The highest BCUT2D eigenvalue weighted by molar-refractivity contribution is 7.00. The number of anilines is 6. The molecule has 320 valence electrons. The van der Waals surface area contributed by atoms with Gasteiger partial charge >= 0.3 is 0 Å². The van der Waals surface area contributed by atoms with Crippen molar-refractivity contribution in [3.8, 4) is 34.1 Å². The number of rotatable bonds is 4. The van der Waals surface area contributed by atoms with Crippen LogP contribution in [0.25, 0.3) is 44.6 Å². The van der Waals surface area contributed by atoms with Crippen LogP contribution in [-0.4, -0.2) is 13.5 Å². The van der Waals surface area contributed by atoms with Crippen LogP contribution in [0, 0.1) is 20.8 Å². The summed E-state index contributed by atoms with van der Waals surface area (Å²) >= 11 is 0. The minimum atomic E-state index is -0.0993. The standard InChI is InChI=1S/C58H51BN2O4/c1-33-20-47-55-48(21-33)61(56-34(2)22-41(23-35(56)3)58(7,8)9)46-31-54-53(62-32-63-54)30-44(46)59(55)43-29-40(57(4,5)6)18-19-45(43)60(47)42-25-38(51-27-36-14-10-12-16-49(36)64-51)24-39(26-42)52-28-37-15-11-13-17-50(37)65-52/h10-31H,32H2,1-9H3. The predicted molar refractivity (Wildman–Crippen MR) is 269 cm³/mol. The first-order valence-electron chi connectivity index (χ1n) is 22.8. The zero-order valence-corrected chi connectivity index (χ0v) is 38.5. The second-order valence-corrected chi connectivity index (χ2v) is 20.4. The Labute approximate surface area is 381 Å². The maximum absolute atomic E-state index is 6.63. The quantitative estimate of drug-likeness (QED) is 0.164. The Kier molecular flexibility index (Phi) is 8.47. The van der Waals surface area contributed by atoms with Gasteiger partial charge in [0.1, 0.15) is 22.7 Å². The third kappa shape index (κ3) is 6.23. The monoisotopic (exact) mass is 850 g/mol. The van der Waals surface area contributed by atoms with Crippen molar-refractivity contribution in [1.82, 2.24) is 0 Å². The van der Waals surface area contributed by atoms with Gasteiger partial charge in [0, 0.05) is 56.4 Å². The Bertz CT molecular complexity index is 3270. The van der Waals surface area contributed by atoms with E-state index in [-0.39, 0.29) is 24.3 Å². The van der Waals surface area contributed by atoms with Crippen molar-refractivity contribution in [1.29, 1.82) is 0 Å². The minimum Gasteiger partial charge on any atom is -0.456 e. The van der Waals surface area contributed by atoms with Crippen molar-refractivity contribution < 1.29 is 18.3 Å². The van der Waals surface area contributed by atoms with Crippen LogP contribution in [-0.2, 0) is 10.8 Å². The highest BCUT2D eigenvalue weighted by Crippen LogP contribution is 2.50. The van der Waals surface area contributed by atoms with Crippen LogP contribution in [0.3, 0.4) is 0 Å². The van der Waals surface area contributed by atoms with Crippen molar-refractivity contribution in [2.24, 2.45) is 0 Å². The third-order valence-corrected chi connectivity index (χ3v) is 13.7. The molecule has 0 amide bonds. The first kappa shape index (κ1) is 39.5. The van der Waals surface area contributed by atoms with Gasteiger partial charge in [0.05, 0.1) is 5.69 Å². The molecule has 0 saturated heterocycles. The summed E-state index contributed by atoms with van der Waals surface area (Å²) in [4.78, 5) is 5.00. The van der Waals surface area contributed by atoms with Gasteiger partial charge in [-0.25, -0.2) is 0 Å². The van der Waals surface area contributed by atoms with Crippen molar-refractivity contribution in [2.45, 2.75) is 73.1 Å². The molecular formula is C58H51BN2O4. The number of nitrogens with zero attached hydrogens (tertiary/aromatic N) is 2. The molecule has 5 heterocycles. The molecule has 3 aliphatic heterocycles. The number of fused-ring (bicyclic) bond motifs is 7. The average Bonchev–Trinajstić information content (AvgIpc) is 4.04. The molecule has 0 N–H and O–H groups in total. The molecule has 12 rings (SSSR count). The molecule has 0 bridgehead atoms. The van der Waals surface area contributed by atoms with Gasteiger partial charge in [-0.3, -0.25) is 0 Å². The van der Waals surface area contributed by atoms with E-state index in [2.05, 4.69) is 181 Å². The van der Waals surface area contributed by atoms with E-state index in [0.29, 0.717) is 0 Å². The van der Waals surface area contributed by atoms with Crippen LogP contribution in [0.2, 0.25) is 0 Å². The van der Waals surface area contributed by atoms with E-state index in [0.717, 1.165) is 84.5 Å². The fourth-order valence-electron chi connectivity index (χ4n) is 10.5. The molecule has 0 fully saturated rings. The first-order chi connectivity index (χ1) is 31.2. The molecule has 7 heteroatoms. The topological polar surface area (TPSA) is 51.2 Å². The summed E-state index contributed by atoms with van der Waals surface area (Å²) in [5.41, 5.74) is 20.2. The summed E-state index contributed by atoms with van der Waals surface area (Å²) in [5, 5.41) is 2.13. The fourth-order valence-corrected chi connectivity index (χ4v) is 10.5. The molecule has 0 spiro atoms. The highest BCUT2D eigenvalue weighted by atomic mass is 16.7. The van der Waals surface area contributed by atoms with Gasteiger partial charge < -0.3 is 28.1 Å². The second kappa shape index (κ2) is 13.9. The molecule has 0 radical (unpaired) electrons. The molecule has 0 aliphatic carbocycles. The van der Waals surface area contributed by atoms with Crippen molar-refractivity contribution in [2.75, 3.05) is 16.6 Å². The number of hydrogen-bond acceptors (Lipinski definition) is 6. The van der Waals surface area contributed by atoms with Crippen LogP contribution in [0.15, 0.2) is 142 Å². The van der Waals surface area contributed by atoms with Gasteiger partial charge in [0.25, 0.3) is 6.71 Å². The molecule has 3 aliphatic rings. The maximum atomic E-state index is 6.63. The normalized spacial score (nSPS) is 14.0. The van der Waals surface area contributed by atoms with E-state index in [9.17, 15) is 0 Å². The fraction of sp³-hybridized carbons (Fsp3) is 0.207. The zero-order valence-electron chi connectivity index (χ0n) is 38.5. The van der Waals surface area contributed by atoms with Crippen LogP contribution in [0.4, 0.5) is 34.1 Å². The first-order valence-corrected chi connectivity index (χ1v) is 22.8. The Morgan fingerprint density at radius 2 is 1.05 bits per heavy atom. The third-order valence-electron chi connectivity index (χ3n) is 13.7. The van der Waals surface area contributed by atoms with E-state index >= 15 is 0 Å². The lowest BCUT2D eigenvalue weighted by Crippen LogP contribution is -2.61. The highest BCUT2D eigenvalue weighted by Gasteiger charge is 2.45. The summed E-state index contributed by atoms with van der Waals surface area (Å²) < 4.78 is 25.6. The lowest BCUT2D eigenvalue weighted by atomic mass is 9.33. The number of ether oxygens (including phenoxy) is 2. The van der Waals surface area contributed by atoms with E-state index in [1.54, 1.807) is 0 Å². The molecule has 6 nitrogen and oxygen atoms in total. The van der Waals surface area contributed by atoms with Crippen molar-refractivity contribution in [3.63, 3.8) is 0 Å². The lowest BCUT2D eigenvalue weighted by molar-refractivity contribution is 0.174. The maximum Gasteiger partial charge on any atom is 0.252 e. The number of para-hydroxylation sites is 2. The molecule has 7 aromatic carbocycles. The van der Waals surface area contributed by atoms with Crippen LogP contribution in [0.5, 0.6) is 11.5 Å². The van der Waals surface area contributed by atoms with Crippen LogP contribution in [0.1, 0.15) is 69.4 Å². The van der Waals surface area contributed by atoms with Gasteiger partial charge in [-0.15, -0.1) is 0 Å². The number of furan rings is 2. The SMILES string of the molecule is Cc1cc2c3c(c1)N(c1c(C)cc(C(C)(C)C)cc1C)c1cc4c(cc1B3c1cc(C(C)(C)C)ccc1N2c1cc(-c2cc3ccccc3o2)cc(-c2cc3ccccc3o2)c1)OCO4. The van der Waals surface area contributed by atoms with Crippen molar-refractivity contribution in [3.05, 3.63) is 161 Å². The summed E-state index contributed by atoms with van der Waals surface area (Å²) in [6.07, 6.45) is 0. The van der Waals surface area contributed by atoms with Gasteiger partial charge in [0.15, 0.2) is 11.5 Å². The van der Waals surface area contributed by atoms with Gasteiger partial charge in [-0.1, -0.05) is 102 Å². The number of hydrogen-bond donors (Lipinski definition) is 0. The summed E-state index contributed by atoms with van der Waals surface area (Å²) in [6, 6.07) is 48.6. The van der Waals surface area contributed by atoms with Gasteiger partial charge in [-0.05, 0) is 143 Å². The Hall–Kier alpha value is -7.12. The Balaban J connectivity index is 1.17. The Morgan fingerprint density at radius 1 is 0.492 bits per heavy atom. The smallest absolute Gasteiger partial charge is 0.252 e. The lowest BCUT2D eigenvalue weighted by Gasteiger charge is -2.45. The molecule has 65 heavy (non-hydrogen) atoms. The average molecular weight is 851 g/mol. The Morgan fingerprint density at radius 3 is 1.63 bits per heavy atom. The molecule has 9 aromatic rings. The van der Waals surface area contributed by atoms with E-state index in [1.165, 1.54) is 49.9 Å². The second-order valence-electron chi connectivity index (χ2n) is 20.4. The molecule has 2 aromatic heterocycles. The largest absolute Gasteiger partial charge is 0.456 e. The van der Waals surface area contributed by atoms with Crippen molar-refractivity contribution >= 4 is 79.2 Å². The summed E-state index contributed by atoms with van der Waals surface area (Å²) in [5.74, 6) is 3.15. The minimum absolute atomic E-state index is 0.000556. The van der Waals surface area contributed by atoms with Crippen LogP contribution < -0.4 is 35.7 Å². The molecule has 0 atom stereocenters. The van der Waals surface area contributed by atoms with E-state index in [4.69, 9.17) is 18.3 Å². The summed E-state index contributed by atoms with van der Waals surface area (Å²) in [6.45, 7) is 20.6. The van der Waals surface area contributed by atoms with Gasteiger partial charge in [0.2, 0.25) is 6.79 Å². The van der Waals surface area contributed by atoms with Crippen LogP contribution >= 0.6 is 0 Å². The molecule has 0 saturated carbocycles. The molecule has 0 unspecified atom stereocenters. The predicted octanol–water partition coefficient (Wildman–Crippen LogP) is 13.8. The van der Waals surface area contributed by atoms with Gasteiger partial charge in [-0.2, -0.15) is 0 Å². The zero-order chi connectivity index (χ0) is 44.7.